The molecule has 116 valence electrons. The van der Waals surface area contributed by atoms with Gasteiger partial charge in [-0.05, 0) is 31.9 Å². The van der Waals surface area contributed by atoms with Crippen LogP contribution >= 0.6 is 0 Å². The predicted octanol–water partition coefficient (Wildman–Crippen LogP) is 2.35. The molecule has 0 spiro atoms. The minimum absolute atomic E-state index is 0.0214. The molecule has 0 saturated heterocycles. The number of para-hydroxylation sites is 1. The number of carboxylic acid groups (broad SMARTS) is 1. The van der Waals surface area contributed by atoms with E-state index in [1.807, 2.05) is 0 Å². The maximum Gasteiger partial charge on any atom is 0.303 e. The first kappa shape index (κ1) is 16.9. The van der Waals surface area contributed by atoms with Gasteiger partial charge in [-0.2, -0.15) is 0 Å². The number of carboxylic acids is 1. The van der Waals surface area contributed by atoms with Crippen molar-refractivity contribution in [1.82, 2.24) is 5.32 Å². The van der Waals surface area contributed by atoms with Crippen molar-refractivity contribution in [2.45, 2.75) is 45.3 Å². The van der Waals surface area contributed by atoms with E-state index in [0.29, 0.717) is 12.8 Å². The van der Waals surface area contributed by atoms with Gasteiger partial charge in [0.1, 0.15) is 0 Å². The smallest absolute Gasteiger partial charge is 0.303 e. The number of amides is 1. The lowest BCUT2D eigenvalue weighted by atomic mass is 10.1. The second-order valence-electron chi connectivity index (χ2n) is 4.79. The molecule has 6 heteroatoms. The van der Waals surface area contributed by atoms with Crippen LogP contribution in [0, 0.1) is 5.82 Å². The molecule has 0 saturated carbocycles. The zero-order valence-corrected chi connectivity index (χ0v) is 12.1. The third kappa shape index (κ3) is 5.81. The number of ether oxygens (including phenoxy) is 1. The molecule has 0 fully saturated rings. The summed E-state index contributed by atoms with van der Waals surface area (Å²) < 4.78 is 18.9. The van der Waals surface area contributed by atoms with Crippen molar-refractivity contribution in [3.05, 3.63) is 30.1 Å². The fourth-order valence-corrected chi connectivity index (χ4v) is 1.76. The predicted molar refractivity (Wildman–Crippen MR) is 75.6 cm³/mol. The van der Waals surface area contributed by atoms with Gasteiger partial charge in [0, 0.05) is 12.5 Å². The number of nitrogens with one attached hydrogen (secondary N) is 1. The number of carbonyl (C=O) groups excluding carboxylic acids is 1. The zero-order valence-electron chi connectivity index (χ0n) is 12.1. The Hall–Kier alpha value is -2.11. The molecule has 1 amide bonds. The fraction of sp³-hybridized carbons (Fsp3) is 0.467. The quantitative estimate of drug-likeness (QED) is 0.772. The molecule has 0 aromatic heterocycles. The summed E-state index contributed by atoms with van der Waals surface area (Å²) >= 11 is 0. The number of carbonyl (C=O) groups is 2. The van der Waals surface area contributed by atoms with Gasteiger partial charge in [0.05, 0.1) is 0 Å². The molecule has 1 rings (SSSR count). The molecule has 2 atom stereocenters. The highest BCUT2D eigenvalue weighted by Gasteiger charge is 2.21. The molecule has 2 unspecified atom stereocenters. The Kier molecular flexibility index (Phi) is 6.65. The third-order valence-corrected chi connectivity index (χ3v) is 2.95. The normalized spacial score (nSPS) is 13.3. The lowest BCUT2D eigenvalue weighted by Gasteiger charge is -2.20. The number of rotatable bonds is 8. The van der Waals surface area contributed by atoms with E-state index in [0.717, 1.165) is 0 Å². The van der Waals surface area contributed by atoms with Crippen molar-refractivity contribution in [2.75, 3.05) is 0 Å². The van der Waals surface area contributed by atoms with Gasteiger partial charge in [-0.1, -0.05) is 19.1 Å². The second-order valence-corrected chi connectivity index (χ2v) is 4.79. The first-order chi connectivity index (χ1) is 9.93. The topological polar surface area (TPSA) is 75.6 Å². The summed E-state index contributed by atoms with van der Waals surface area (Å²) in [4.78, 5) is 22.5. The molecule has 0 aliphatic rings. The van der Waals surface area contributed by atoms with E-state index in [-0.39, 0.29) is 24.1 Å². The summed E-state index contributed by atoms with van der Waals surface area (Å²) in [6.07, 6.45) is -0.121. The molecule has 2 N–H and O–H groups in total. The molecule has 0 radical (unpaired) electrons. The molecule has 21 heavy (non-hydrogen) atoms. The molecule has 5 nitrogen and oxygen atoms in total. The van der Waals surface area contributed by atoms with Gasteiger partial charge in [0.25, 0.3) is 5.91 Å². The highest BCUT2D eigenvalue weighted by atomic mass is 19.1. The average molecular weight is 297 g/mol. The van der Waals surface area contributed by atoms with Crippen LogP contribution in [-0.4, -0.2) is 29.1 Å². The molecular formula is C15H20FNO4. The Labute approximate surface area is 123 Å². The maximum absolute atomic E-state index is 13.5. The lowest BCUT2D eigenvalue weighted by molar-refractivity contribution is -0.137. The molecule has 0 aliphatic carbocycles. The number of hydrogen-bond acceptors (Lipinski definition) is 3. The van der Waals surface area contributed by atoms with Crippen LogP contribution in [0.3, 0.4) is 0 Å². The van der Waals surface area contributed by atoms with Gasteiger partial charge in [-0.3, -0.25) is 9.59 Å². The first-order valence-electron chi connectivity index (χ1n) is 6.87. The number of aliphatic carboxylic acids is 1. The van der Waals surface area contributed by atoms with Crippen molar-refractivity contribution in [1.29, 1.82) is 0 Å². The van der Waals surface area contributed by atoms with Gasteiger partial charge in [0.2, 0.25) is 0 Å². The van der Waals surface area contributed by atoms with Crippen LogP contribution in [0.2, 0.25) is 0 Å². The number of hydrogen-bond donors (Lipinski definition) is 2. The highest BCUT2D eigenvalue weighted by molar-refractivity contribution is 5.81. The Morgan fingerprint density at radius 3 is 2.62 bits per heavy atom. The van der Waals surface area contributed by atoms with Crippen molar-refractivity contribution >= 4 is 11.9 Å². The van der Waals surface area contributed by atoms with E-state index in [4.69, 9.17) is 9.84 Å². The Balaban J connectivity index is 2.57. The average Bonchev–Trinajstić information content (AvgIpc) is 2.44. The highest BCUT2D eigenvalue weighted by Crippen LogP contribution is 2.18. The second kappa shape index (κ2) is 8.24. The maximum atomic E-state index is 13.5. The van der Waals surface area contributed by atoms with E-state index in [2.05, 4.69) is 5.32 Å². The van der Waals surface area contributed by atoms with Crippen LogP contribution in [0.1, 0.15) is 33.1 Å². The monoisotopic (exact) mass is 297 g/mol. The van der Waals surface area contributed by atoms with Crippen LogP contribution in [0.25, 0.3) is 0 Å². The zero-order chi connectivity index (χ0) is 15.8. The molecule has 0 bridgehead atoms. The summed E-state index contributed by atoms with van der Waals surface area (Å²) in [6.45, 7) is 3.48. The summed E-state index contributed by atoms with van der Waals surface area (Å²) in [6, 6.07) is 5.59. The minimum atomic E-state index is -0.911. The Morgan fingerprint density at radius 1 is 1.38 bits per heavy atom. The third-order valence-electron chi connectivity index (χ3n) is 2.95. The Morgan fingerprint density at radius 2 is 2.05 bits per heavy atom. The van der Waals surface area contributed by atoms with E-state index < -0.39 is 17.9 Å². The summed E-state index contributed by atoms with van der Waals surface area (Å²) in [5.41, 5.74) is 0. The lowest BCUT2D eigenvalue weighted by Crippen LogP contribution is -2.42. The van der Waals surface area contributed by atoms with Crippen LogP contribution < -0.4 is 10.1 Å². The van der Waals surface area contributed by atoms with E-state index in [1.165, 1.54) is 18.2 Å². The standard InChI is InChI=1S/C15H20FNO4/c1-3-12(21-13-7-5-4-6-11(13)16)15(20)17-10(2)8-9-14(18)19/h4-7,10,12H,3,8-9H2,1-2H3,(H,17,20)(H,18,19). The molecule has 1 aromatic rings. The number of benzene rings is 1. The minimum Gasteiger partial charge on any atom is -0.481 e. The Bertz CT molecular complexity index is 492. The van der Waals surface area contributed by atoms with E-state index >= 15 is 0 Å². The van der Waals surface area contributed by atoms with E-state index in [1.54, 1.807) is 19.9 Å². The van der Waals surface area contributed by atoms with E-state index in [9.17, 15) is 14.0 Å². The first-order valence-corrected chi connectivity index (χ1v) is 6.87. The van der Waals surface area contributed by atoms with Crippen LogP contribution in [0.4, 0.5) is 4.39 Å². The van der Waals surface area contributed by atoms with Gasteiger partial charge >= 0.3 is 5.97 Å². The van der Waals surface area contributed by atoms with Gasteiger partial charge in [-0.25, -0.2) is 4.39 Å². The van der Waals surface area contributed by atoms with Gasteiger partial charge in [0.15, 0.2) is 17.7 Å². The SMILES string of the molecule is CCC(Oc1ccccc1F)C(=O)NC(C)CCC(=O)O. The number of halogens is 1. The van der Waals surface area contributed by atoms with Gasteiger partial charge in [-0.15, -0.1) is 0 Å². The van der Waals surface area contributed by atoms with Crippen molar-refractivity contribution in [3.8, 4) is 5.75 Å². The molecule has 1 aromatic carbocycles. The van der Waals surface area contributed by atoms with Crippen molar-refractivity contribution < 1.29 is 23.8 Å². The summed E-state index contributed by atoms with van der Waals surface area (Å²) in [5, 5.41) is 11.3. The van der Waals surface area contributed by atoms with Crippen LogP contribution in [0.5, 0.6) is 5.75 Å². The molecule has 0 heterocycles. The molecular weight excluding hydrogens is 277 g/mol. The van der Waals surface area contributed by atoms with Crippen molar-refractivity contribution in [2.24, 2.45) is 0 Å². The van der Waals surface area contributed by atoms with Crippen LogP contribution in [-0.2, 0) is 9.59 Å². The summed E-state index contributed by atoms with van der Waals surface area (Å²) in [5.74, 6) is -1.79. The van der Waals surface area contributed by atoms with Crippen molar-refractivity contribution in [3.63, 3.8) is 0 Å². The summed E-state index contributed by atoms with van der Waals surface area (Å²) in [7, 11) is 0. The fourth-order valence-electron chi connectivity index (χ4n) is 1.76. The van der Waals surface area contributed by atoms with Gasteiger partial charge < -0.3 is 15.2 Å². The molecule has 0 aliphatic heterocycles. The largest absolute Gasteiger partial charge is 0.481 e. The van der Waals surface area contributed by atoms with Crippen LogP contribution in [0.15, 0.2) is 24.3 Å².